The van der Waals surface area contributed by atoms with Gasteiger partial charge in [-0.3, -0.25) is 4.90 Å². The summed E-state index contributed by atoms with van der Waals surface area (Å²) in [6.45, 7) is 11.3. The van der Waals surface area contributed by atoms with E-state index >= 15 is 0 Å². The van der Waals surface area contributed by atoms with E-state index in [0.29, 0.717) is 28.8 Å². The predicted molar refractivity (Wildman–Crippen MR) is 138 cm³/mol. The first kappa shape index (κ1) is 23.4. The molecule has 3 aromatic rings. The minimum Gasteiger partial charge on any atom is -0.384 e. The molecule has 0 bridgehead atoms. The first-order chi connectivity index (χ1) is 16.0. The van der Waals surface area contributed by atoms with Crippen LogP contribution < -0.4 is 11.5 Å². The molecule has 0 amide bonds. The smallest absolute Gasteiger partial charge is 0.131 e. The summed E-state index contributed by atoms with van der Waals surface area (Å²) in [5, 5.41) is 5.31. The normalized spacial score (nSPS) is 16.2. The minimum absolute atomic E-state index is 0.417. The van der Waals surface area contributed by atoms with Gasteiger partial charge in [0.25, 0.3) is 0 Å². The van der Waals surface area contributed by atoms with Gasteiger partial charge in [-0.2, -0.15) is 5.10 Å². The first-order valence-corrected chi connectivity index (χ1v) is 12.1. The molecule has 4 N–H and O–H groups in total. The zero-order valence-corrected chi connectivity index (χ0v) is 20.3. The highest BCUT2D eigenvalue weighted by Crippen LogP contribution is 2.37. The van der Waals surface area contributed by atoms with E-state index in [1.165, 1.54) is 0 Å². The van der Waals surface area contributed by atoms with Crippen molar-refractivity contribution in [3.05, 3.63) is 59.9 Å². The minimum atomic E-state index is 0.417. The molecule has 0 spiro atoms. The number of likely N-dealkylation sites (N-methyl/N-ethyl adjacent to an activating group) is 1. The summed E-state index contributed by atoms with van der Waals surface area (Å²) in [6.07, 6.45) is 2.78. The number of hydrogen-bond donors (Lipinski definition) is 2. The number of anilines is 1. The lowest BCUT2D eigenvalue weighted by molar-refractivity contribution is 0.133. The van der Waals surface area contributed by atoms with Gasteiger partial charge in [0.1, 0.15) is 17.3 Å². The van der Waals surface area contributed by atoms with E-state index in [1.807, 2.05) is 57.9 Å². The summed E-state index contributed by atoms with van der Waals surface area (Å²) >= 11 is 6.92. The summed E-state index contributed by atoms with van der Waals surface area (Å²) < 4.78 is 3.79. The third-order valence-corrected chi connectivity index (χ3v) is 6.86. The lowest BCUT2D eigenvalue weighted by Crippen LogP contribution is -2.47. The van der Waals surface area contributed by atoms with E-state index in [9.17, 15) is 0 Å². The number of aromatic nitrogens is 3. The molecule has 33 heavy (non-hydrogen) atoms. The van der Waals surface area contributed by atoms with E-state index in [1.54, 1.807) is 0 Å². The molecule has 4 rings (SSSR count). The highest BCUT2D eigenvalue weighted by atomic mass is 35.5. The van der Waals surface area contributed by atoms with Crippen LogP contribution in [0.3, 0.4) is 0 Å². The molecule has 3 heterocycles. The van der Waals surface area contributed by atoms with Crippen molar-refractivity contribution in [3.8, 4) is 11.3 Å². The Morgan fingerprint density at radius 2 is 1.67 bits per heavy atom. The van der Waals surface area contributed by atoms with Crippen LogP contribution in [0.5, 0.6) is 0 Å². The predicted octanol–water partition coefficient (Wildman–Crippen LogP) is 3.61. The first-order valence-electron chi connectivity index (χ1n) is 11.7. The quantitative estimate of drug-likeness (QED) is 0.528. The Morgan fingerprint density at radius 3 is 2.33 bits per heavy atom. The Hall–Kier alpha value is -2.74. The van der Waals surface area contributed by atoms with Gasteiger partial charge in [0.05, 0.1) is 17.1 Å². The SMILES string of the molecule is CCc1cccn1/C(N)=C(\Cl)c1c(-c2ccccc2)nn(CCN2CCN(CC)CC2)c1N. The lowest BCUT2D eigenvalue weighted by Gasteiger charge is -2.33. The number of rotatable bonds is 8. The van der Waals surface area contributed by atoms with Crippen LogP contribution in [0, 0.1) is 0 Å². The summed E-state index contributed by atoms with van der Waals surface area (Å²) in [7, 11) is 0. The van der Waals surface area contributed by atoms with Crippen molar-refractivity contribution in [1.82, 2.24) is 24.1 Å². The molecule has 0 unspecified atom stereocenters. The van der Waals surface area contributed by atoms with E-state index in [0.717, 1.165) is 62.6 Å². The molecule has 1 aromatic carbocycles. The van der Waals surface area contributed by atoms with Gasteiger partial charge in [-0.1, -0.05) is 55.8 Å². The van der Waals surface area contributed by atoms with E-state index < -0.39 is 0 Å². The molecule has 8 heteroatoms. The Bertz CT molecular complexity index is 1090. The second-order valence-electron chi connectivity index (χ2n) is 8.40. The van der Waals surface area contributed by atoms with Crippen molar-refractivity contribution >= 4 is 28.3 Å². The van der Waals surface area contributed by atoms with E-state index in [4.69, 9.17) is 28.2 Å². The van der Waals surface area contributed by atoms with Crippen LogP contribution in [0.4, 0.5) is 5.82 Å². The van der Waals surface area contributed by atoms with Crippen molar-refractivity contribution in [1.29, 1.82) is 0 Å². The fourth-order valence-electron chi connectivity index (χ4n) is 4.40. The van der Waals surface area contributed by atoms with Crippen LogP contribution in [-0.4, -0.2) is 63.4 Å². The maximum Gasteiger partial charge on any atom is 0.131 e. The Morgan fingerprint density at radius 1 is 0.970 bits per heavy atom. The van der Waals surface area contributed by atoms with Gasteiger partial charge in [0.15, 0.2) is 0 Å². The summed E-state index contributed by atoms with van der Waals surface area (Å²) in [5.41, 5.74) is 16.7. The Labute approximate surface area is 201 Å². The van der Waals surface area contributed by atoms with Crippen molar-refractivity contribution < 1.29 is 0 Å². The number of nitrogen functional groups attached to an aromatic ring is 1. The number of nitrogens with two attached hydrogens (primary N) is 2. The molecule has 0 radical (unpaired) electrons. The molecule has 1 aliphatic rings. The molecule has 1 saturated heterocycles. The molecule has 0 saturated carbocycles. The molecule has 1 fully saturated rings. The number of benzene rings is 1. The Kier molecular flexibility index (Phi) is 7.42. The monoisotopic (exact) mass is 467 g/mol. The summed E-state index contributed by atoms with van der Waals surface area (Å²) in [6, 6.07) is 14.0. The van der Waals surface area contributed by atoms with Crippen molar-refractivity contribution in [2.45, 2.75) is 26.8 Å². The van der Waals surface area contributed by atoms with Gasteiger partial charge < -0.3 is 20.9 Å². The van der Waals surface area contributed by atoms with Crippen LogP contribution >= 0.6 is 11.6 Å². The average Bonchev–Trinajstić information content (AvgIpc) is 3.47. The fraction of sp³-hybridized carbons (Fsp3) is 0.400. The van der Waals surface area contributed by atoms with Crippen LogP contribution in [0.25, 0.3) is 22.1 Å². The van der Waals surface area contributed by atoms with E-state index in [-0.39, 0.29) is 0 Å². The van der Waals surface area contributed by atoms with Gasteiger partial charge in [-0.05, 0) is 25.1 Å². The third kappa shape index (κ3) is 4.95. The molecule has 2 aromatic heterocycles. The van der Waals surface area contributed by atoms with Crippen molar-refractivity contribution in [3.63, 3.8) is 0 Å². The molecule has 0 atom stereocenters. The van der Waals surface area contributed by atoms with Crippen molar-refractivity contribution in [2.24, 2.45) is 5.73 Å². The van der Waals surface area contributed by atoms with Gasteiger partial charge in [0.2, 0.25) is 0 Å². The molecule has 7 nitrogen and oxygen atoms in total. The number of nitrogens with zero attached hydrogens (tertiary/aromatic N) is 5. The van der Waals surface area contributed by atoms with Crippen molar-refractivity contribution in [2.75, 3.05) is 45.0 Å². The second-order valence-corrected chi connectivity index (χ2v) is 8.77. The topological polar surface area (TPSA) is 81.3 Å². The molecule has 0 aliphatic carbocycles. The zero-order valence-electron chi connectivity index (χ0n) is 19.5. The second kappa shape index (κ2) is 10.5. The molecule has 176 valence electrons. The number of halogens is 1. The lowest BCUT2D eigenvalue weighted by atomic mass is 10.1. The third-order valence-electron chi connectivity index (χ3n) is 6.48. The highest BCUT2D eigenvalue weighted by Gasteiger charge is 2.23. The molecular formula is C25H34ClN7. The number of piperazine rings is 1. The maximum absolute atomic E-state index is 6.92. The zero-order chi connectivity index (χ0) is 23.4. The van der Waals surface area contributed by atoms with Gasteiger partial charge >= 0.3 is 0 Å². The standard InChI is InChI=1S/C25H34ClN7/c1-3-20-11-8-12-32(20)25(28)22(26)21-23(19-9-6-5-7-10-19)29-33(24(21)27)18-17-31-15-13-30(4-2)14-16-31/h5-12H,3-4,13-18,27-28H2,1-2H3/b25-22-. The van der Waals surface area contributed by atoms with Crippen LogP contribution in [0.2, 0.25) is 0 Å². The van der Waals surface area contributed by atoms with Gasteiger partial charge in [-0.15, -0.1) is 0 Å². The summed E-state index contributed by atoms with van der Waals surface area (Å²) in [5.74, 6) is 0.997. The van der Waals surface area contributed by atoms with Crippen LogP contribution in [-0.2, 0) is 13.0 Å². The summed E-state index contributed by atoms with van der Waals surface area (Å²) in [4.78, 5) is 4.94. The molecule has 1 aliphatic heterocycles. The number of hydrogen-bond acceptors (Lipinski definition) is 5. The van der Waals surface area contributed by atoms with Crippen LogP contribution in [0.15, 0.2) is 48.7 Å². The molecular weight excluding hydrogens is 434 g/mol. The highest BCUT2D eigenvalue weighted by molar-refractivity contribution is 6.52. The van der Waals surface area contributed by atoms with Gasteiger partial charge in [0, 0.05) is 50.2 Å². The average molecular weight is 468 g/mol. The largest absolute Gasteiger partial charge is 0.384 e. The van der Waals surface area contributed by atoms with Gasteiger partial charge in [-0.25, -0.2) is 4.68 Å². The Balaban J connectivity index is 1.67. The number of aryl methyl sites for hydroxylation is 1. The fourth-order valence-corrected chi connectivity index (χ4v) is 4.68. The van der Waals surface area contributed by atoms with E-state index in [2.05, 4.69) is 23.6 Å². The van der Waals surface area contributed by atoms with Crippen LogP contribution in [0.1, 0.15) is 25.1 Å². The maximum atomic E-state index is 6.92.